The largest absolute Gasteiger partial charge is 0.490 e. The van der Waals surface area contributed by atoms with E-state index in [1.165, 1.54) is 29.2 Å². The van der Waals surface area contributed by atoms with Gasteiger partial charge in [-0.3, -0.25) is 23.0 Å². The summed E-state index contributed by atoms with van der Waals surface area (Å²) in [6.07, 6.45) is 4.22. The summed E-state index contributed by atoms with van der Waals surface area (Å²) in [5.41, 5.74) is 7.73. The van der Waals surface area contributed by atoms with Gasteiger partial charge in [-0.2, -0.15) is 21.6 Å². The minimum atomic E-state index is -5.80. The van der Waals surface area contributed by atoms with Gasteiger partial charge in [-0.15, -0.1) is 0 Å². The second-order valence-electron chi connectivity index (χ2n) is 16.6. The highest BCUT2D eigenvalue weighted by molar-refractivity contribution is 7.85. The Morgan fingerprint density at radius 3 is 2.34 bits per heavy atom. The number of nitrogen functional groups attached to an aromatic ring is 1. The summed E-state index contributed by atoms with van der Waals surface area (Å²) < 4.78 is 102. The zero-order valence-electron chi connectivity index (χ0n) is 39.6. The van der Waals surface area contributed by atoms with E-state index in [1.54, 1.807) is 22.8 Å². The van der Waals surface area contributed by atoms with E-state index in [2.05, 4.69) is 42.8 Å². The molecule has 5 heterocycles. The number of carbonyl (C=O) groups is 1. The lowest BCUT2D eigenvalue weighted by Gasteiger charge is -2.20. The van der Waals surface area contributed by atoms with Gasteiger partial charge >= 0.3 is 29.1 Å². The number of aryl methyl sites for hydroxylation is 1. The first-order chi connectivity index (χ1) is 34.5. The van der Waals surface area contributed by atoms with Crippen LogP contribution in [0.5, 0.6) is 0 Å². The van der Waals surface area contributed by atoms with Crippen molar-refractivity contribution in [3.63, 3.8) is 0 Å². The molecule has 1 saturated heterocycles. The Bertz CT molecular complexity index is 3080. The van der Waals surface area contributed by atoms with E-state index in [4.69, 9.17) is 14.9 Å². The number of ether oxygens (including phenoxy) is 1. The van der Waals surface area contributed by atoms with Crippen LogP contribution in [-0.2, 0) is 57.6 Å². The topological polar surface area (TPSA) is 389 Å². The van der Waals surface area contributed by atoms with Crippen LogP contribution >= 0.6 is 23.5 Å². The highest BCUT2D eigenvalue weighted by atomic mass is 32.2. The maximum atomic E-state index is 12.9. The molecule has 0 bridgehead atoms. The molecule has 31 heteroatoms. The van der Waals surface area contributed by atoms with Gasteiger partial charge in [0.15, 0.2) is 28.8 Å². The number of aliphatic hydroxyl groups excluding tert-OH is 2. The number of carbonyl (C=O) groups excluding carboxylic acids is 1. The Hall–Kier alpha value is -4.86. The smallest absolute Gasteiger partial charge is 0.422 e. The summed E-state index contributed by atoms with van der Waals surface area (Å²) in [6, 6.07) is 10.1. The van der Waals surface area contributed by atoms with Gasteiger partial charge in [0, 0.05) is 61.8 Å². The number of pyridine rings is 1. The van der Waals surface area contributed by atoms with Gasteiger partial charge in [0.2, 0.25) is 11.6 Å². The van der Waals surface area contributed by atoms with Crippen LogP contribution < -0.4 is 26.1 Å². The minimum Gasteiger partial charge on any atom is -0.422 e. The maximum absolute atomic E-state index is 12.9. The first-order valence-corrected chi connectivity index (χ1v) is 28.9. The molecular formula is C42H58N8O19P3S+. The number of unbranched alkanes of at least 4 members (excludes halogenated alkanes) is 5. The molecule has 0 saturated carbocycles. The second-order valence-corrected chi connectivity index (χ2v) is 22.6. The standard InChI is InChI=1S/C42H57N8O19P3S/c1-3-48(4-2)31-16-13-28-22-29(42(54)67-33(28)23-31)14-15-30-17-18-32(73(61,62)63)24-49(30)20-10-7-8-12-35(51)44-19-9-5-6-11-21-64-70(55,56)68-72(59,60)69-71(57,58)65-25-34-37(52)38(53)41(66-34)50-27-47-36-39(43)45-26-46-40(36)50/h13-18,22-24,26-27,34,37-38,41,52-53H,3-12,19-21,25H2,1-2H3,(H6-,43,44,45,46,51,55,56,57,58,59,60,61,62,63)/p+1/t34-,37-,38-,41-/m1/s1. The summed E-state index contributed by atoms with van der Waals surface area (Å²) in [6.45, 7) is 4.89. The molecule has 73 heavy (non-hydrogen) atoms. The van der Waals surface area contributed by atoms with Crippen molar-refractivity contribution in [2.75, 3.05) is 43.5 Å². The highest BCUT2D eigenvalue weighted by Crippen LogP contribution is 2.67. The van der Waals surface area contributed by atoms with Crippen LogP contribution in [-0.4, -0.2) is 114 Å². The second kappa shape index (κ2) is 25.1. The predicted octanol–water partition coefficient (Wildman–Crippen LogP) is 3.99. The number of aromatic nitrogens is 5. The van der Waals surface area contributed by atoms with Crippen LogP contribution in [0.2, 0.25) is 0 Å². The van der Waals surface area contributed by atoms with Crippen LogP contribution in [0.1, 0.15) is 82.7 Å². The van der Waals surface area contributed by atoms with Crippen molar-refractivity contribution in [2.24, 2.45) is 0 Å². The number of hydrogen-bond acceptors (Lipinski definition) is 20. The zero-order valence-corrected chi connectivity index (χ0v) is 43.1. The van der Waals surface area contributed by atoms with Gasteiger partial charge in [-0.1, -0.05) is 12.8 Å². The van der Waals surface area contributed by atoms with E-state index >= 15 is 0 Å². The number of rotatable bonds is 28. The first-order valence-electron chi connectivity index (χ1n) is 22.9. The molecular weight excluding hydrogens is 1050 g/mol. The van der Waals surface area contributed by atoms with Gasteiger partial charge in [0.1, 0.15) is 42.3 Å². The van der Waals surface area contributed by atoms with Gasteiger partial charge in [-0.25, -0.2) is 33.4 Å². The maximum Gasteiger partial charge on any atom is 0.490 e. The molecule has 1 aromatic carbocycles. The summed E-state index contributed by atoms with van der Waals surface area (Å²) >= 11 is 0. The van der Waals surface area contributed by atoms with E-state index in [0.29, 0.717) is 62.9 Å². The number of anilines is 2. The van der Waals surface area contributed by atoms with Crippen LogP contribution in [0, 0.1) is 0 Å². The van der Waals surface area contributed by atoms with Crippen molar-refractivity contribution in [2.45, 2.75) is 101 Å². The molecule has 3 unspecified atom stereocenters. The highest BCUT2D eigenvalue weighted by Gasteiger charge is 2.47. The lowest BCUT2D eigenvalue weighted by molar-refractivity contribution is -0.700. The molecule has 6 rings (SSSR count). The number of nitrogens with zero attached hydrogens (tertiary/aromatic N) is 6. The Morgan fingerprint density at radius 2 is 1.62 bits per heavy atom. The lowest BCUT2D eigenvalue weighted by Crippen LogP contribution is -2.37. The van der Waals surface area contributed by atoms with Gasteiger partial charge in [0.05, 0.1) is 25.1 Å². The van der Waals surface area contributed by atoms with Crippen molar-refractivity contribution in [1.82, 2.24) is 24.8 Å². The number of phosphoric ester groups is 2. The van der Waals surface area contributed by atoms with E-state index in [0.717, 1.165) is 30.5 Å². The minimum absolute atomic E-state index is 0.0245. The third-order valence-electron chi connectivity index (χ3n) is 11.4. The molecule has 27 nitrogen and oxygen atoms in total. The normalized spacial score (nSPS) is 19.8. The van der Waals surface area contributed by atoms with Crippen molar-refractivity contribution in [3.8, 4) is 0 Å². The average molecular weight is 1100 g/mol. The SMILES string of the molecule is CCN(CC)c1ccc2cc(/C=C/c3ccc(S(=O)(=O)O)c[n+]3CCCCCC(=O)NCCCCCCOP(=O)(O)OP(=O)(O)OP(=O)(O)OC[C@H]3O[C@@H](n4cnc5c(N)ncnc54)[C@H](O)[C@@H]3O)c(=O)oc2c1. The van der Waals surface area contributed by atoms with Gasteiger partial charge in [0.25, 0.3) is 10.1 Å². The van der Waals surface area contributed by atoms with Crippen LogP contribution in [0.3, 0.4) is 0 Å². The van der Waals surface area contributed by atoms with E-state index in [9.17, 15) is 61.1 Å². The Morgan fingerprint density at radius 1 is 0.904 bits per heavy atom. The molecule has 4 aromatic heterocycles. The molecule has 0 spiro atoms. The number of amides is 1. The van der Waals surface area contributed by atoms with Crippen molar-refractivity contribution in [1.29, 1.82) is 0 Å². The zero-order chi connectivity index (χ0) is 53.1. The molecule has 5 aromatic rings. The van der Waals surface area contributed by atoms with Crippen molar-refractivity contribution >= 4 is 85.3 Å². The molecule has 9 N–H and O–H groups in total. The van der Waals surface area contributed by atoms with E-state index < -0.39 is 77.0 Å². The summed E-state index contributed by atoms with van der Waals surface area (Å²) in [7, 11) is -21.2. The summed E-state index contributed by atoms with van der Waals surface area (Å²) in [4.78, 5) is 69.0. The first kappa shape index (κ1) is 57.4. The Balaban J connectivity index is 0.853. The number of hydrogen-bond donors (Lipinski definition) is 8. The van der Waals surface area contributed by atoms with Crippen molar-refractivity contribution in [3.05, 3.63) is 76.9 Å². The third-order valence-corrected chi connectivity index (χ3v) is 16.5. The van der Waals surface area contributed by atoms with E-state index in [1.807, 2.05) is 32.0 Å². The van der Waals surface area contributed by atoms with Crippen LogP contribution in [0.25, 0.3) is 34.3 Å². The monoisotopic (exact) mass is 1100 g/mol. The van der Waals surface area contributed by atoms with Crippen LogP contribution in [0.4, 0.5) is 11.5 Å². The van der Waals surface area contributed by atoms with Gasteiger partial charge in [-0.05, 0) is 69.9 Å². The number of nitrogens with one attached hydrogen (secondary N) is 1. The fraction of sp³-hybridized carbons (Fsp3) is 0.476. The average Bonchev–Trinajstić information content (AvgIpc) is 3.87. The molecule has 1 amide bonds. The Kier molecular flexibility index (Phi) is 19.8. The number of imidazole rings is 1. The lowest BCUT2D eigenvalue weighted by atomic mass is 10.1. The third kappa shape index (κ3) is 16.1. The molecule has 7 atom stereocenters. The number of fused-ring (bicyclic) bond motifs is 2. The predicted molar refractivity (Wildman–Crippen MR) is 261 cm³/mol. The quantitative estimate of drug-likeness (QED) is 0.0115. The summed E-state index contributed by atoms with van der Waals surface area (Å²) in [5.74, 6) is -0.173. The van der Waals surface area contributed by atoms with Gasteiger partial charge < -0.3 is 50.0 Å². The number of nitrogens with two attached hydrogens (primary N) is 1. The van der Waals surface area contributed by atoms with Crippen LogP contribution in [0.15, 0.2) is 69.4 Å². The molecule has 1 aliphatic heterocycles. The molecule has 400 valence electrons. The molecule has 1 fully saturated rings. The van der Waals surface area contributed by atoms with E-state index in [-0.39, 0.29) is 46.2 Å². The fourth-order valence-electron chi connectivity index (χ4n) is 7.69. The fourth-order valence-corrected chi connectivity index (χ4v) is 11.7. The molecule has 1 aliphatic rings. The summed E-state index contributed by atoms with van der Waals surface area (Å²) in [5, 5.41) is 24.6. The Labute approximate surface area is 418 Å². The number of benzene rings is 1. The number of phosphoric acid groups is 3. The number of aliphatic hydroxyl groups is 2. The molecule has 0 radical (unpaired) electrons. The van der Waals surface area contributed by atoms with Crippen molar-refractivity contribution < 1.29 is 87.7 Å². The molecule has 0 aliphatic carbocycles.